The van der Waals surface area contributed by atoms with E-state index in [0.717, 1.165) is 43.3 Å². The molecular weight excluding hydrogens is 466 g/mol. The van der Waals surface area contributed by atoms with Crippen molar-refractivity contribution in [1.29, 1.82) is 0 Å². The molecule has 1 aromatic heterocycles. The monoisotopic (exact) mass is 497 g/mol. The molecule has 3 aromatic rings. The van der Waals surface area contributed by atoms with Crippen molar-refractivity contribution in [2.75, 3.05) is 6.54 Å². The van der Waals surface area contributed by atoms with Crippen molar-refractivity contribution in [2.45, 2.75) is 65.0 Å². The molecular formula is C26H31N3O5S. The topological polar surface area (TPSA) is 109 Å². The van der Waals surface area contributed by atoms with E-state index in [9.17, 15) is 13.2 Å². The average molecular weight is 498 g/mol. The first kappa shape index (κ1) is 25.1. The van der Waals surface area contributed by atoms with Crippen LogP contribution in [0.5, 0.6) is 5.75 Å². The molecule has 1 saturated heterocycles. The number of pyridine rings is 1. The number of hydroxylamine groups is 1. The molecule has 0 saturated carbocycles. The second-order valence-corrected chi connectivity index (χ2v) is 11.1. The lowest BCUT2D eigenvalue weighted by Crippen LogP contribution is -2.44. The van der Waals surface area contributed by atoms with Gasteiger partial charge >= 0.3 is 0 Å². The number of amides is 1. The summed E-state index contributed by atoms with van der Waals surface area (Å²) in [6.45, 7) is 10.7. The molecule has 0 bridgehead atoms. The molecule has 0 unspecified atom stereocenters. The smallest absolute Gasteiger partial charge is 0.261 e. The summed E-state index contributed by atoms with van der Waals surface area (Å²) in [5.41, 5.74) is 8.73. The Hall–Kier alpha value is -3.01. The summed E-state index contributed by atoms with van der Waals surface area (Å²) in [4.78, 5) is 16.8. The van der Waals surface area contributed by atoms with E-state index >= 15 is 0 Å². The molecule has 1 amide bonds. The number of nitrogens with one attached hydrogen (secondary N) is 1. The molecule has 8 nitrogen and oxygen atoms in total. The Morgan fingerprint density at radius 2 is 1.80 bits per heavy atom. The third kappa shape index (κ3) is 4.51. The van der Waals surface area contributed by atoms with Crippen molar-refractivity contribution >= 4 is 26.8 Å². The maximum atomic E-state index is 13.1. The van der Waals surface area contributed by atoms with E-state index in [1.54, 1.807) is 17.6 Å². The van der Waals surface area contributed by atoms with Gasteiger partial charge in [0.1, 0.15) is 18.4 Å². The summed E-state index contributed by atoms with van der Waals surface area (Å²) in [5.74, 6) is 0.0670. The molecule has 1 fully saturated rings. The Balaban J connectivity index is 1.59. The van der Waals surface area contributed by atoms with Crippen LogP contribution in [0.3, 0.4) is 0 Å². The molecule has 2 aromatic carbocycles. The number of carbonyl (C=O) groups is 1. The van der Waals surface area contributed by atoms with Crippen LogP contribution in [0.2, 0.25) is 0 Å². The minimum absolute atomic E-state index is 0.0991. The molecule has 9 heteroatoms. The first-order valence-corrected chi connectivity index (χ1v) is 13.1. The fraction of sp³-hybridized carbons (Fsp3) is 0.385. The number of ether oxygens (including phenoxy) is 1. The first-order valence-electron chi connectivity index (χ1n) is 11.6. The summed E-state index contributed by atoms with van der Waals surface area (Å²) in [6, 6.07) is 7.69. The van der Waals surface area contributed by atoms with E-state index < -0.39 is 22.0 Å². The van der Waals surface area contributed by atoms with Gasteiger partial charge in [-0.05, 0) is 87.9 Å². The molecule has 2 N–H and O–H groups in total. The van der Waals surface area contributed by atoms with Gasteiger partial charge in [0.25, 0.3) is 5.91 Å². The average Bonchev–Trinajstić information content (AvgIpc) is 3.35. The Morgan fingerprint density at radius 3 is 2.46 bits per heavy atom. The van der Waals surface area contributed by atoms with E-state index in [4.69, 9.17) is 14.9 Å². The van der Waals surface area contributed by atoms with Gasteiger partial charge in [-0.1, -0.05) is 12.1 Å². The van der Waals surface area contributed by atoms with Crippen molar-refractivity contribution in [2.24, 2.45) is 0 Å². The van der Waals surface area contributed by atoms with Crippen LogP contribution in [-0.4, -0.2) is 41.4 Å². The SMILES string of the molecule is Cc1cc2c(OCc3ccc(S(=O)(=O)N4CCC[C@@H]4C(=O)NO)cc3)c(C)c(C)nc2c(C)c1C. The second kappa shape index (κ2) is 9.56. The number of hydrogen-bond acceptors (Lipinski definition) is 6. The Morgan fingerprint density at radius 1 is 1.11 bits per heavy atom. The van der Waals surface area contributed by atoms with Crippen LogP contribution in [0.15, 0.2) is 35.2 Å². The summed E-state index contributed by atoms with van der Waals surface area (Å²) in [6.07, 6.45) is 0.926. The van der Waals surface area contributed by atoms with Gasteiger partial charge in [0.15, 0.2) is 0 Å². The van der Waals surface area contributed by atoms with Gasteiger partial charge in [-0.15, -0.1) is 0 Å². The molecule has 2 heterocycles. The van der Waals surface area contributed by atoms with Gasteiger partial charge < -0.3 is 4.74 Å². The van der Waals surface area contributed by atoms with Gasteiger partial charge in [0, 0.05) is 23.2 Å². The maximum absolute atomic E-state index is 13.1. The highest BCUT2D eigenvalue weighted by atomic mass is 32.2. The van der Waals surface area contributed by atoms with Crippen molar-refractivity contribution < 1.29 is 23.2 Å². The summed E-state index contributed by atoms with van der Waals surface area (Å²) in [7, 11) is -3.87. The van der Waals surface area contributed by atoms with Crippen molar-refractivity contribution in [3.63, 3.8) is 0 Å². The predicted octanol–water partition coefficient (Wildman–Crippen LogP) is 4.01. The predicted molar refractivity (Wildman–Crippen MR) is 133 cm³/mol. The quantitative estimate of drug-likeness (QED) is 0.393. The standard InChI is InChI=1S/C26H31N3O5S/c1-15-13-22-24(17(3)16(15)2)27-19(5)18(4)25(22)34-14-20-8-10-21(11-9-20)35(32,33)29-12-6-7-23(29)26(30)28-31/h8-11,13,23,31H,6-7,12,14H2,1-5H3,(H,28,30)/t23-/m1/s1. The highest BCUT2D eigenvalue weighted by molar-refractivity contribution is 7.89. The Bertz CT molecular complexity index is 1400. The normalized spacial score (nSPS) is 16.6. The van der Waals surface area contributed by atoms with Gasteiger partial charge in [0.2, 0.25) is 10.0 Å². The summed E-state index contributed by atoms with van der Waals surface area (Å²) < 4.78 is 33.6. The van der Waals surface area contributed by atoms with Crippen LogP contribution in [0.4, 0.5) is 0 Å². The van der Waals surface area contributed by atoms with Gasteiger partial charge in [0.05, 0.1) is 10.4 Å². The van der Waals surface area contributed by atoms with E-state index in [0.29, 0.717) is 12.8 Å². The third-order valence-electron chi connectivity index (χ3n) is 7.06. The van der Waals surface area contributed by atoms with E-state index in [-0.39, 0.29) is 18.0 Å². The summed E-state index contributed by atoms with van der Waals surface area (Å²) in [5, 5.41) is 9.91. The molecule has 4 rings (SSSR count). The molecule has 35 heavy (non-hydrogen) atoms. The first-order chi connectivity index (χ1) is 16.6. The summed E-state index contributed by atoms with van der Waals surface area (Å²) >= 11 is 0. The molecule has 0 radical (unpaired) electrons. The van der Waals surface area contributed by atoms with Crippen molar-refractivity contribution in [1.82, 2.24) is 14.8 Å². The largest absolute Gasteiger partial charge is 0.488 e. The van der Waals surface area contributed by atoms with Crippen molar-refractivity contribution in [3.05, 3.63) is 63.8 Å². The number of aryl methyl sites for hydroxylation is 3. The van der Waals surface area contributed by atoms with E-state index in [1.165, 1.54) is 23.3 Å². The van der Waals surface area contributed by atoms with E-state index in [2.05, 4.69) is 26.8 Å². The molecule has 1 atom stereocenters. The number of sulfonamides is 1. The fourth-order valence-corrected chi connectivity index (χ4v) is 6.26. The fourth-order valence-electron chi connectivity index (χ4n) is 4.60. The Kier molecular flexibility index (Phi) is 6.86. The zero-order valence-corrected chi connectivity index (χ0v) is 21.5. The van der Waals surface area contributed by atoms with Crippen LogP contribution in [0.25, 0.3) is 10.9 Å². The minimum atomic E-state index is -3.87. The number of hydrogen-bond donors (Lipinski definition) is 2. The molecule has 0 aliphatic carbocycles. The van der Waals surface area contributed by atoms with Crippen LogP contribution < -0.4 is 10.2 Å². The number of benzene rings is 2. The molecule has 1 aliphatic heterocycles. The number of rotatable bonds is 6. The van der Waals surface area contributed by atoms with Crippen LogP contribution >= 0.6 is 0 Å². The zero-order valence-electron chi connectivity index (χ0n) is 20.7. The Labute approximate surface area is 205 Å². The lowest BCUT2D eigenvalue weighted by molar-refractivity contribution is -0.132. The maximum Gasteiger partial charge on any atom is 0.261 e. The highest BCUT2D eigenvalue weighted by Gasteiger charge is 2.39. The lowest BCUT2D eigenvalue weighted by atomic mass is 9.98. The zero-order chi connectivity index (χ0) is 25.5. The molecule has 1 aliphatic rings. The molecule has 0 spiro atoms. The van der Waals surface area contributed by atoms with Gasteiger partial charge in [-0.2, -0.15) is 4.31 Å². The van der Waals surface area contributed by atoms with Crippen LogP contribution in [-0.2, 0) is 21.4 Å². The minimum Gasteiger partial charge on any atom is -0.488 e. The van der Waals surface area contributed by atoms with Gasteiger partial charge in [-0.3, -0.25) is 15.0 Å². The van der Waals surface area contributed by atoms with Crippen molar-refractivity contribution in [3.8, 4) is 5.75 Å². The number of aromatic nitrogens is 1. The molecule has 186 valence electrons. The lowest BCUT2D eigenvalue weighted by Gasteiger charge is -2.22. The highest BCUT2D eigenvalue weighted by Crippen LogP contribution is 2.35. The number of fused-ring (bicyclic) bond motifs is 1. The van der Waals surface area contributed by atoms with Gasteiger partial charge in [-0.25, -0.2) is 13.9 Å². The second-order valence-electron chi connectivity index (χ2n) is 9.17. The number of nitrogens with zero attached hydrogens (tertiary/aromatic N) is 2. The van der Waals surface area contributed by atoms with E-state index in [1.807, 2.05) is 13.8 Å². The van der Waals surface area contributed by atoms with Crippen LogP contribution in [0, 0.1) is 34.6 Å². The number of carbonyl (C=O) groups excluding carboxylic acids is 1. The van der Waals surface area contributed by atoms with Crippen LogP contribution in [0.1, 0.15) is 46.4 Å². The third-order valence-corrected chi connectivity index (χ3v) is 8.98.